The number of anilines is 1. The van der Waals surface area contributed by atoms with E-state index in [0.29, 0.717) is 12.4 Å². The lowest BCUT2D eigenvalue weighted by atomic mass is 9.89. The third kappa shape index (κ3) is 2.46. The molecule has 1 aliphatic rings. The predicted molar refractivity (Wildman–Crippen MR) is 62.6 cm³/mol. The summed E-state index contributed by atoms with van der Waals surface area (Å²) in [5.41, 5.74) is 6.38. The number of nitrogen functional groups attached to an aromatic ring is 1. The fourth-order valence-corrected chi connectivity index (χ4v) is 2.30. The van der Waals surface area contributed by atoms with E-state index in [0.717, 1.165) is 18.5 Å². The average Bonchev–Trinajstić information content (AvgIpc) is 2.29. The van der Waals surface area contributed by atoms with Crippen LogP contribution in [0.15, 0.2) is 12.1 Å². The maximum atomic E-state index is 10.9. The van der Waals surface area contributed by atoms with E-state index < -0.39 is 6.09 Å². The summed E-state index contributed by atoms with van der Waals surface area (Å²) in [6, 6.07) is 3.62. The van der Waals surface area contributed by atoms with Gasteiger partial charge in [0.25, 0.3) is 0 Å². The van der Waals surface area contributed by atoms with Gasteiger partial charge >= 0.3 is 6.09 Å². The quantitative estimate of drug-likeness (QED) is 0.766. The molecule has 1 saturated heterocycles. The van der Waals surface area contributed by atoms with Gasteiger partial charge in [-0.25, -0.2) is 4.79 Å². The number of carbonyl (C=O) groups is 1. The summed E-state index contributed by atoms with van der Waals surface area (Å²) < 4.78 is 0. The van der Waals surface area contributed by atoms with E-state index in [4.69, 9.17) is 10.8 Å². The van der Waals surface area contributed by atoms with Crippen molar-refractivity contribution in [2.75, 3.05) is 12.3 Å². The zero-order valence-electron chi connectivity index (χ0n) is 9.71. The van der Waals surface area contributed by atoms with Crippen molar-refractivity contribution >= 4 is 11.9 Å². The number of likely N-dealkylation sites (tertiary alicyclic amines) is 1. The Balaban J connectivity index is 2.06. The average molecular weight is 236 g/mol. The van der Waals surface area contributed by atoms with Crippen molar-refractivity contribution in [2.45, 2.75) is 31.7 Å². The first kappa shape index (κ1) is 11.6. The van der Waals surface area contributed by atoms with Gasteiger partial charge in [-0.15, -0.1) is 5.10 Å². The molecule has 17 heavy (non-hydrogen) atoms. The molecule has 3 N–H and O–H groups in total. The van der Waals surface area contributed by atoms with Crippen molar-refractivity contribution in [3.05, 3.63) is 17.8 Å². The third-order valence-corrected chi connectivity index (χ3v) is 3.25. The first-order valence-electron chi connectivity index (χ1n) is 5.66. The van der Waals surface area contributed by atoms with Crippen LogP contribution in [0.1, 0.15) is 31.4 Å². The van der Waals surface area contributed by atoms with Gasteiger partial charge in [-0.05, 0) is 31.9 Å². The van der Waals surface area contributed by atoms with Crippen LogP contribution in [0.4, 0.5) is 10.6 Å². The van der Waals surface area contributed by atoms with Gasteiger partial charge in [-0.1, -0.05) is 0 Å². The Bertz CT molecular complexity index is 406. The highest BCUT2D eigenvalue weighted by Gasteiger charge is 2.29. The summed E-state index contributed by atoms with van der Waals surface area (Å²) in [5.74, 6) is 0.679. The summed E-state index contributed by atoms with van der Waals surface area (Å²) >= 11 is 0. The number of aromatic nitrogens is 2. The van der Waals surface area contributed by atoms with Crippen LogP contribution in [0, 0.1) is 0 Å². The predicted octanol–water partition coefficient (Wildman–Crippen LogP) is 1.30. The normalized spacial score (nSPS) is 24.6. The van der Waals surface area contributed by atoms with E-state index in [9.17, 15) is 4.79 Å². The molecule has 1 aromatic rings. The van der Waals surface area contributed by atoms with Gasteiger partial charge in [0.05, 0.1) is 5.69 Å². The molecule has 0 saturated carbocycles. The highest BCUT2D eigenvalue weighted by Crippen LogP contribution is 2.30. The van der Waals surface area contributed by atoms with Crippen molar-refractivity contribution in [3.63, 3.8) is 0 Å². The van der Waals surface area contributed by atoms with E-state index in [2.05, 4.69) is 10.2 Å². The van der Waals surface area contributed by atoms with Crippen LogP contribution in [0.2, 0.25) is 0 Å². The molecular formula is C11H16N4O2. The Morgan fingerprint density at radius 3 is 2.82 bits per heavy atom. The maximum absolute atomic E-state index is 10.9. The monoisotopic (exact) mass is 236 g/mol. The topological polar surface area (TPSA) is 92.3 Å². The molecule has 1 unspecified atom stereocenters. The van der Waals surface area contributed by atoms with Gasteiger partial charge in [0.15, 0.2) is 0 Å². The van der Waals surface area contributed by atoms with Crippen molar-refractivity contribution in [3.8, 4) is 0 Å². The van der Waals surface area contributed by atoms with E-state index in [1.807, 2.05) is 13.0 Å². The zero-order chi connectivity index (χ0) is 12.4. The fourth-order valence-electron chi connectivity index (χ4n) is 2.30. The molecule has 2 atom stereocenters. The second-order valence-electron chi connectivity index (χ2n) is 4.43. The van der Waals surface area contributed by atoms with E-state index >= 15 is 0 Å². The number of hydrogen-bond donors (Lipinski definition) is 2. The number of nitrogens with two attached hydrogens (primary N) is 1. The van der Waals surface area contributed by atoms with Crippen molar-refractivity contribution in [1.82, 2.24) is 15.1 Å². The molecular weight excluding hydrogens is 220 g/mol. The Morgan fingerprint density at radius 1 is 1.53 bits per heavy atom. The zero-order valence-corrected chi connectivity index (χ0v) is 9.71. The van der Waals surface area contributed by atoms with Crippen LogP contribution in [0.25, 0.3) is 0 Å². The van der Waals surface area contributed by atoms with Crippen LogP contribution in [-0.4, -0.2) is 38.9 Å². The third-order valence-electron chi connectivity index (χ3n) is 3.25. The van der Waals surface area contributed by atoms with Gasteiger partial charge in [-0.3, -0.25) is 0 Å². The molecule has 0 aromatic carbocycles. The minimum atomic E-state index is -0.848. The number of hydrogen-bond acceptors (Lipinski definition) is 4. The Labute approximate surface area is 99.4 Å². The summed E-state index contributed by atoms with van der Waals surface area (Å²) in [6.07, 6.45) is 0.722. The molecule has 92 valence electrons. The molecule has 6 nitrogen and oxygen atoms in total. The SMILES string of the molecule is C[C@H]1CC(c2ccc(N)nn2)CCN1C(=O)O. The number of piperidine rings is 1. The van der Waals surface area contributed by atoms with Gasteiger partial charge in [0.1, 0.15) is 5.82 Å². The summed E-state index contributed by atoms with van der Waals surface area (Å²) in [7, 11) is 0. The van der Waals surface area contributed by atoms with Gasteiger partial charge < -0.3 is 15.7 Å². The standard InChI is InChI=1S/C11H16N4O2/c1-7-6-8(4-5-15(7)11(16)17)9-2-3-10(12)14-13-9/h2-3,7-8H,4-6H2,1H3,(H2,12,14)(H,16,17)/t7-,8?/m0/s1. The Morgan fingerprint density at radius 2 is 2.29 bits per heavy atom. The lowest BCUT2D eigenvalue weighted by Gasteiger charge is -2.35. The summed E-state index contributed by atoms with van der Waals surface area (Å²) in [5, 5.41) is 16.9. The van der Waals surface area contributed by atoms with Crippen LogP contribution < -0.4 is 5.73 Å². The molecule has 0 bridgehead atoms. The lowest BCUT2D eigenvalue weighted by molar-refractivity contribution is 0.106. The fraction of sp³-hybridized carbons (Fsp3) is 0.545. The second-order valence-corrected chi connectivity index (χ2v) is 4.43. The van der Waals surface area contributed by atoms with Crippen molar-refractivity contribution in [2.24, 2.45) is 0 Å². The molecule has 1 amide bonds. The number of nitrogens with zero attached hydrogens (tertiary/aromatic N) is 3. The molecule has 1 fully saturated rings. The van der Waals surface area contributed by atoms with Gasteiger partial charge in [0, 0.05) is 18.5 Å². The number of amides is 1. The lowest BCUT2D eigenvalue weighted by Crippen LogP contribution is -2.43. The van der Waals surface area contributed by atoms with Crippen LogP contribution >= 0.6 is 0 Å². The Kier molecular flexibility index (Phi) is 3.12. The maximum Gasteiger partial charge on any atom is 0.407 e. The highest BCUT2D eigenvalue weighted by atomic mass is 16.4. The minimum Gasteiger partial charge on any atom is -0.465 e. The molecule has 2 rings (SSSR count). The van der Waals surface area contributed by atoms with Gasteiger partial charge in [0.2, 0.25) is 0 Å². The summed E-state index contributed by atoms with van der Waals surface area (Å²) in [6.45, 7) is 2.47. The van der Waals surface area contributed by atoms with Gasteiger partial charge in [-0.2, -0.15) is 5.10 Å². The number of carboxylic acid groups (broad SMARTS) is 1. The first-order valence-corrected chi connectivity index (χ1v) is 5.66. The van der Waals surface area contributed by atoms with E-state index in [1.165, 1.54) is 4.90 Å². The van der Waals surface area contributed by atoms with Crippen molar-refractivity contribution in [1.29, 1.82) is 0 Å². The Hall–Kier alpha value is -1.85. The van der Waals surface area contributed by atoms with Crippen LogP contribution in [0.5, 0.6) is 0 Å². The molecule has 0 spiro atoms. The van der Waals surface area contributed by atoms with Crippen LogP contribution in [0.3, 0.4) is 0 Å². The molecule has 0 radical (unpaired) electrons. The van der Waals surface area contributed by atoms with Crippen molar-refractivity contribution < 1.29 is 9.90 Å². The second kappa shape index (κ2) is 4.57. The summed E-state index contributed by atoms with van der Waals surface area (Å²) in [4.78, 5) is 12.4. The molecule has 0 aliphatic carbocycles. The largest absolute Gasteiger partial charge is 0.465 e. The van der Waals surface area contributed by atoms with E-state index in [-0.39, 0.29) is 12.0 Å². The van der Waals surface area contributed by atoms with E-state index in [1.54, 1.807) is 6.07 Å². The minimum absolute atomic E-state index is 0.0191. The molecule has 1 aromatic heterocycles. The molecule has 6 heteroatoms. The number of rotatable bonds is 1. The van der Waals surface area contributed by atoms with Crippen LogP contribution in [-0.2, 0) is 0 Å². The molecule has 2 heterocycles. The molecule has 1 aliphatic heterocycles. The first-order chi connectivity index (χ1) is 8.08. The smallest absolute Gasteiger partial charge is 0.407 e. The highest BCUT2D eigenvalue weighted by molar-refractivity contribution is 5.65.